The van der Waals surface area contributed by atoms with E-state index in [1.165, 1.54) is 22.0 Å². The number of carbonyl (C=O) groups excluding carboxylic acids is 1. The van der Waals surface area contributed by atoms with E-state index < -0.39 is 10.0 Å². The molecular formula is C22H28N2O5S3. The SMILES string of the molecule is CCN(CC)S(=O)(=O)c1ccc(NC(=O)COc2ccc(C3SCCS3)cc2OC)cc1. The van der Waals surface area contributed by atoms with E-state index in [-0.39, 0.29) is 17.4 Å². The van der Waals surface area contributed by atoms with Gasteiger partial charge in [-0.3, -0.25) is 4.79 Å². The minimum atomic E-state index is -3.53. The van der Waals surface area contributed by atoms with E-state index in [4.69, 9.17) is 9.47 Å². The second-order valence-corrected chi connectivity index (χ2v) is 11.6. The molecule has 2 aromatic rings. The Hall–Kier alpha value is -1.88. The first-order chi connectivity index (χ1) is 15.4. The first-order valence-corrected chi connectivity index (χ1v) is 13.9. The Morgan fingerprint density at radius 1 is 1.06 bits per heavy atom. The molecule has 0 saturated carbocycles. The van der Waals surface area contributed by atoms with Crippen LogP contribution in [0, 0.1) is 0 Å². The summed E-state index contributed by atoms with van der Waals surface area (Å²) in [7, 11) is -1.95. The molecule has 0 atom stereocenters. The van der Waals surface area contributed by atoms with Crippen molar-refractivity contribution in [1.82, 2.24) is 4.31 Å². The summed E-state index contributed by atoms with van der Waals surface area (Å²) in [6.45, 7) is 4.20. The number of methoxy groups -OCH3 is 1. The van der Waals surface area contributed by atoms with Crippen LogP contribution in [0.15, 0.2) is 47.4 Å². The predicted octanol–water partition coefficient (Wildman–Crippen LogP) is 4.22. The van der Waals surface area contributed by atoms with Crippen molar-refractivity contribution in [2.24, 2.45) is 0 Å². The lowest BCUT2D eigenvalue weighted by atomic mass is 10.2. The lowest BCUT2D eigenvalue weighted by Crippen LogP contribution is -2.30. The molecule has 0 aliphatic carbocycles. The van der Waals surface area contributed by atoms with Crippen LogP contribution < -0.4 is 14.8 Å². The van der Waals surface area contributed by atoms with Crippen molar-refractivity contribution in [3.05, 3.63) is 48.0 Å². The van der Waals surface area contributed by atoms with Gasteiger partial charge in [-0.1, -0.05) is 19.9 Å². The number of thioether (sulfide) groups is 2. The average molecular weight is 497 g/mol. The van der Waals surface area contributed by atoms with E-state index >= 15 is 0 Å². The van der Waals surface area contributed by atoms with E-state index in [0.29, 0.717) is 34.9 Å². The molecule has 1 heterocycles. The van der Waals surface area contributed by atoms with Crippen LogP contribution in [0.25, 0.3) is 0 Å². The summed E-state index contributed by atoms with van der Waals surface area (Å²) in [5.74, 6) is 3.02. The fourth-order valence-corrected chi connectivity index (χ4v) is 7.56. The first-order valence-electron chi connectivity index (χ1n) is 10.3. The smallest absolute Gasteiger partial charge is 0.262 e. The zero-order chi connectivity index (χ0) is 23.1. The van der Waals surface area contributed by atoms with Gasteiger partial charge in [0.2, 0.25) is 10.0 Å². The summed E-state index contributed by atoms with van der Waals surface area (Å²) < 4.78 is 38.0. The predicted molar refractivity (Wildman–Crippen MR) is 131 cm³/mol. The quantitative estimate of drug-likeness (QED) is 0.527. The number of sulfonamides is 1. The van der Waals surface area contributed by atoms with Crippen molar-refractivity contribution < 1.29 is 22.7 Å². The van der Waals surface area contributed by atoms with Crippen molar-refractivity contribution in [2.75, 3.05) is 43.6 Å². The molecule has 0 bridgehead atoms. The van der Waals surface area contributed by atoms with Gasteiger partial charge in [0.1, 0.15) is 0 Å². The van der Waals surface area contributed by atoms with Crippen LogP contribution in [0.1, 0.15) is 24.0 Å². The summed E-state index contributed by atoms with van der Waals surface area (Å²) in [6, 6.07) is 11.9. The number of rotatable bonds is 10. The Bertz CT molecular complexity index is 1020. The molecule has 32 heavy (non-hydrogen) atoms. The lowest BCUT2D eigenvalue weighted by molar-refractivity contribution is -0.118. The molecule has 0 spiro atoms. The number of amides is 1. The van der Waals surface area contributed by atoms with Crippen molar-refractivity contribution >= 4 is 45.1 Å². The van der Waals surface area contributed by atoms with Crippen LogP contribution in [0.2, 0.25) is 0 Å². The third-order valence-corrected chi connectivity index (χ3v) is 10.1. The molecule has 0 unspecified atom stereocenters. The largest absolute Gasteiger partial charge is 0.493 e. The Kier molecular flexibility index (Phi) is 8.75. The van der Waals surface area contributed by atoms with Gasteiger partial charge in [-0.25, -0.2) is 8.42 Å². The molecular weight excluding hydrogens is 468 g/mol. The number of anilines is 1. The molecule has 7 nitrogen and oxygen atoms in total. The second kappa shape index (κ2) is 11.3. The van der Waals surface area contributed by atoms with Crippen molar-refractivity contribution in [1.29, 1.82) is 0 Å². The summed E-state index contributed by atoms with van der Waals surface area (Å²) in [4.78, 5) is 12.5. The van der Waals surface area contributed by atoms with Gasteiger partial charge in [-0.05, 0) is 42.0 Å². The van der Waals surface area contributed by atoms with Gasteiger partial charge >= 0.3 is 0 Å². The molecule has 174 valence electrons. The molecule has 10 heteroatoms. The number of hydrogen-bond donors (Lipinski definition) is 1. The van der Waals surface area contributed by atoms with Gasteiger partial charge < -0.3 is 14.8 Å². The van der Waals surface area contributed by atoms with Crippen LogP contribution in [0.4, 0.5) is 5.69 Å². The molecule has 2 aromatic carbocycles. The minimum absolute atomic E-state index is 0.192. The van der Waals surface area contributed by atoms with Gasteiger partial charge in [0.25, 0.3) is 5.91 Å². The second-order valence-electron chi connectivity index (χ2n) is 6.93. The van der Waals surface area contributed by atoms with Gasteiger partial charge in [0, 0.05) is 30.3 Å². The number of benzene rings is 2. The molecule has 0 aromatic heterocycles. The summed E-state index contributed by atoms with van der Waals surface area (Å²) in [5.41, 5.74) is 1.67. The number of ether oxygens (including phenoxy) is 2. The molecule has 1 saturated heterocycles. The molecule has 0 radical (unpaired) electrons. The Balaban J connectivity index is 1.59. The van der Waals surface area contributed by atoms with E-state index in [2.05, 4.69) is 5.32 Å². The molecule has 3 rings (SSSR count). The molecule has 1 amide bonds. The zero-order valence-corrected chi connectivity index (χ0v) is 20.8. The average Bonchev–Trinajstić information content (AvgIpc) is 3.33. The highest BCUT2D eigenvalue weighted by Crippen LogP contribution is 2.46. The van der Waals surface area contributed by atoms with Gasteiger partial charge in [-0.2, -0.15) is 4.31 Å². The fourth-order valence-electron chi connectivity index (χ4n) is 3.26. The van der Waals surface area contributed by atoms with E-state index in [0.717, 1.165) is 11.5 Å². The maximum Gasteiger partial charge on any atom is 0.262 e. The highest BCUT2D eigenvalue weighted by molar-refractivity contribution is 8.19. The van der Waals surface area contributed by atoms with Gasteiger partial charge in [-0.15, -0.1) is 23.5 Å². The van der Waals surface area contributed by atoms with Crippen LogP contribution in [-0.2, 0) is 14.8 Å². The van der Waals surface area contributed by atoms with Gasteiger partial charge in [0.15, 0.2) is 18.1 Å². The van der Waals surface area contributed by atoms with E-state index in [1.54, 1.807) is 33.1 Å². The Morgan fingerprint density at radius 3 is 2.31 bits per heavy atom. The molecule has 1 N–H and O–H groups in total. The van der Waals surface area contributed by atoms with Crippen LogP contribution >= 0.6 is 23.5 Å². The highest BCUT2D eigenvalue weighted by atomic mass is 32.2. The van der Waals surface area contributed by atoms with E-state index in [1.807, 2.05) is 41.7 Å². The van der Waals surface area contributed by atoms with Crippen LogP contribution in [0.5, 0.6) is 11.5 Å². The standard InChI is InChI=1S/C22H28N2O5S3/c1-4-24(5-2)32(26,27)18-9-7-17(8-10-18)23-21(25)15-29-19-11-6-16(14-20(19)28-3)22-30-12-13-31-22/h6-11,14,22H,4-5,12-13,15H2,1-3H3,(H,23,25). The van der Waals surface area contributed by atoms with Crippen LogP contribution in [0.3, 0.4) is 0 Å². The fraction of sp³-hybridized carbons (Fsp3) is 0.409. The Morgan fingerprint density at radius 2 is 1.72 bits per heavy atom. The highest BCUT2D eigenvalue weighted by Gasteiger charge is 2.22. The van der Waals surface area contributed by atoms with Crippen molar-refractivity contribution in [3.8, 4) is 11.5 Å². The maximum absolute atomic E-state index is 12.6. The van der Waals surface area contributed by atoms with Crippen molar-refractivity contribution in [2.45, 2.75) is 23.3 Å². The molecule has 1 aliphatic rings. The third kappa shape index (κ3) is 5.92. The topological polar surface area (TPSA) is 84.9 Å². The number of hydrogen-bond acceptors (Lipinski definition) is 7. The van der Waals surface area contributed by atoms with Gasteiger partial charge in [0.05, 0.1) is 16.6 Å². The van der Waals surface area contributed by atoms with E-state index in [9.17, 15) is 13.2 Å². The molecule has 1 fully saturated rings. The third-order valence-electron chi connectivity index (χ3n) is 4.92. The zero-order valence-electron chi connectivity index (χ0n) is 18.4. The summed E-state index contributed by atoms with van der Waals surface area (Å²) in [5, 5.41) is 2.72. The summed E-state index contributed by atoms with van der Waals surface area (Å²) >= 11 is 3.82. The summed E-state index contributed by atoms with van der Waals surface area (Å²) in [6.07, 6.45) is 0. The number of carbonyl (C=O) groups is 1. The molecule has 1 aliphatic heterocycles. The lowest BCUT2D eigenvalue weighted by Gasteiger charge is -2.18. The number of nitrogens with zero attached hydrogens (tertiary/aromatic N) is 1. The number of nitrogens with one attached hydrogen (secondary N) is 1. The monoisotopic (exact) mass is 496 g/mol. The first kappa shape index (κ1) is 24.8. The normalized spacial score (nSPS) is 14.5. The Labute approximate surface area is 198 Å². The minimum Gasteiger partial charge on any atom is -0.493 e. The van der Waals surface area contributed by atoms with Crippen LogP contribution in [-0.4, -0.2) is 56.9 Å². The maximum atomic E-state index is 12.6. The van der Waals surface area contributed by atoms with Crippen molar-refractivity contribution in [3.63, 3.8) is 0 Å².